The van der Waals surface area contributed by atoms with Gasteiger partial charge in [0.1, 0.15) is 9.84 Å². The number of aromatic nitrogens is 2. The molecule has 21 heavy (non-hydrogen) atoms. The molecule has 2 aromatic rings. The number of nitrogens with one attached hydrogen (secondary N) is 1. The number of aryl methyl sites for hydroxylation is 1. The van der Waals surface area contributed by atoms with Crippen molar-refractivity contribution in [3.8, 4) is 0 Å². The number of para-hydroxylation sites is 1. The monoisotopic (exact) mass is 305 g/mol. The predicted octanol–water partition coefficient (Wildman–Crippen LogP) is 2.68. The molecule has 1 N–H and O–H groups in total. The molecular formula is C15H19N3O2S. The highest BCUT2D eigenvalue weighted by molar-refractivity contribution is 7.91. The summed E-state index contributed by atoms with van der Waals surface area (Å²) in [6, 6.07) is 10.1. The van der Waals surface area contributed by atoms with E-state index >= 15 is 0 Å². The summed E-state index contributed by atoms with van der Waals surface area (Å²) in [7, 11) is -2.84. The Morgan fingerprint density at radius 1 is 1.19 bits per heavy atom. The minimum absolute atomic E-state index is 0.195. The van der Waals surface area contributed by atoms with Crippen LogP contribution in [0.25, 0.3) is 0 Å². The largest absolute Gasteiger partial charge is 0.326 e. The van der Waals surface area contributed by atoms with Gasteiger partial charge in [0.15, 0.2) is 0 Å². The molecule has 0 saturated carbocycles. The van der Waals surface area contributed by atoms with Crippen molar-refractivity contribution in [2.45, 2.75) is 25.8 Å². The molecule has 0 atom stereocenters. The molecule has 5 nitrogen and oxygen atoms in total. The molecule has 0 bridgehead atoms. The van der Waals surface area contributed by atoms with E-state index in [9.17, 15) is 8.42 Å². The first-order valence-corrected chi connectivity index (χ1v) is 8.94. The lowest BCUT2D eigenvalue weighted by atomic mass is 10.1. The average Bonchev–Trinajstić information content (AvgIpc) is 2.81. The number of imidazole rings is 1. The Labute approximate surface area is 124 Å². The van der Waals surface area contributed by atoms with Crippen molar-refractivity contribution in [1.29, 1.82) is 0 Å². The van der Waals surface area contributed by atoms with Crippen molar-refractivity contribution < 1.29 is 8.42 Å². The maximum Gasteiger partial charge on any atom is 0.207 e. The second kappa shape index (κ2) is 5.52. The second-order valence-corrected chi connectivity index (χ2v) is 7.79. The van der Waals surface area contributed by atoms with Crippen molar-refractivity contribution in [1.82, 2.24) is 9.55 Å². The zero-order valence-electron chi connectivity index (χ0n) is 12.0. The van der Waals surface area contributed by atoms with Crippen LogP contribution in [-0.4, -0.2) is 29.5 Å². The second-order valence-electron chi connectivity index (χ2n) is 5.49. The Bertz CT molecular complexity index is 709. The van der Waals surface area contributed by atoms with Crippen LogP contribution < -0.4 is 5.32 Å². The molecule has 1 aromatic carbocycles. The fraction of sp³-hybridized carbons (Fsp3) is 0.400. The highest BCUT2D eigenvalue weighted by atomic mass is 32.2. The van der Waals surface area contributed by atoms with Crippen LogP contribution in [0.1, 0.15) is 24.6 Å². The summed E-state index contributed by atoms with van der Waals surface area (Å²) in [6.07, 6.45) is 3.30. The highest BCUT2D eigenvalue weighted by Gasteiger charge is 2.26. The quantitative estimate of drug-likeness (QED) is 0.947. The van der Waals surface area contributed by atoms with Gasteiger partial charge in [0.05, 0.1) is 17.2 Å². The van der Waals surface area contributed by atoms with E-state index in [4.69, 9.17) is 0 Å². The number of anilines is 2. The lowest BCUT2D eigenvalue weighted by Gasteiger charge is -2.24. The van der Waals surface area contributed by atoms with E-state index in [0.29, 0.717) is 12.8 Å². The van der Waals surface area contributed by atoms with Crippen LogP contribution in [-0.2, 0) is 9.84 Å². The molecule has 2 heterocycles. The molecule has 1 fully saturated rings. The highest BCUT2D eigenvalue weighted by Crippen LogP contribution is 2.28. The van der Waals surface area contributed by atoms with E-state index in [2.05, 4.69) is 14.9 Å². The predicted molar refractivity (Wildman–Crippen MR) is 83.6 cm³/mol. The van der Waals surface area contributed by atoms with Crippen molar-refractivity contribution >= 4 is 21.5 Å². The molecule has 1 aromatic heterocycles. The van der Waals surface area contributed by atoms with Gasteiger partial charge in [-0.05, 0) is 31.9 Å². The van der Waals surface area contributed by atoms with Gasteiger partial charge in [0.25, 0.3) is 0 Å². The molecule has 0 spiro atoms. The first-order chi connectivity index (χ1) is 10.0. The van der Waals surface area contributed by atoms with Crippen molar-refractivity contribution in [3.05, 3.63) is 42.2 Å². The Balaban J connectivity index is 1.83. The van der Waals surface area contributed by atoms with Gasteiger partial charge in [0, 0.05) is 17.9 Å². The SMILES string of the molecule is Cc1cn(C2CCS(=O)(=O)CC2)c(Nc2ccccc2)n1. The molecule has 0 radical (unpaired) electrons. The molecule has 112 valence electrons. The number of benzene rings is 1. The van der Waals surface area contributed by atoms with Gasteiger partial charge in [0.2, 0.25) is 5.95 Å². The molecule has 0 amide bonds. The van der Waals surface area contributed by atoms with Crippen LogP contribution in [0.4, 0.5) is 11.6 Å². The van der Waals surface area contributed by atoms with E-state index in [0.717, 1.165) is 17.3 Å². The van der Waals surface area contributed by atoms with Gasteiger partial charge in [-0.3, -0.25) is 0 Å². The third kappa shape index (κ3) is 3.26. The van der Waals surface area contributed by atoms with Crippen LogP contribution >= 0.6 is 0 Å². The summed E-state index contributed by atoms with van der Waals surface area (Å²) >= 11 is 0. The number of hydrogen-bond acceptors (Lipinski definition) is 4. The van der Waals surface area contributed by atoms with E-state index in [1.165, 1.54) is 0 Å². The number of hydrogen-bond donors (Lipinski definition) is 1. The average molecular weight is 305 g/mol. The summed E-state index contributed by atoms with van der Waals surface area (Å²) in [5.41, 5.74) is 1.91. The molecule has 0 aliphatic carbocycles. The molecular weight excluding hydrogens is 286 g/mol. The standard InChI is InChI=1S/C15H19N3O2S/c1-12-11-18(14-7-9-21(19,20)10-8-14)15(16-12)17-13-5-3-2-4-6-13/h2-6,11,14H,7-10H2,1H3,(H,16,17). The Morgan fingerprint density at radius 2 is 1.86 bits per heavy atom. The normalized spacial score (nSPS) is 18.5. The maximum absolute atomic E-state index is 11.6. The zero-order valence-corrected chi connectivity index (χ0v) is 12.8. The Kier molecular flexibility index (Phi) is 3.71. The van der Waals surface area contributed by atoms with Gasteiger partial charge in [-0.1, -0.05) is 18.2 Å². The lowest BCUT2D eigenvalue weighted by Crippen LogP contribution is -2.25. The molecule has 1 aliphatic rings. The summed E-state index contributed by atoms with van der Waals surface area (Å²) < 4.78 is 25.2. The van der Waals surface area contributed by atoms with Gasteiger partial charge in [-0.15, -0.1) is 0 Å². The van der Waals surface area contributed by atoms with Crippen LogP contribution in [0.5, 0.6) is 0 Å². The molecule has 3 rings (SSSR count). The maximum atomic E-state index is 11.6. The van der Waals surface area contributed by atoms with Gasteiger partial charge in [-0.25, -0.2) is 13.4 Å². The number of rotatable bonds is 3. The lowest BCUT2D eigenvalue weighted by molar-refractivity contribution is 0.454. The molecule has 6 heteroatoms. The Hall–Kier alpha value is -1.82. The van der Waals surface area contributed by atoms with E-state index in [1.807, 2.05) is 43.5 Å². The molecule has 1 aliphatic heterocycles. The van der Waals surface area contributed by atoms with Crippen LogP contribution in [0.2, 0.25) is 0 Å². The summed E-state index contributed by atoms with van der Waals surface area (Å²) in [4.78, 5) is 4.52. The summed E-state index contributed by atoms with van der Waals surface area (Å²) in [5, 5.41) is 3.31. The van der Waals surface area contributed by atoms with Gasteiger partial charge in [-0.2, -0.15) is 0 Å². The fourth-order valence-electron chi connectivity index (χ4n) is 2.69. The fourth-order valence-corrected chi connectivity index (χ4v) is 4.16. The zero-order chi connectivity index (χ0) is 14.9. The smallest absolute Gasteiger partial charge is 0.207 e. The van der Waals surface area contributed by atoms with E-state index in [-0.39, 0.29) is 17.5 Å². The van der Waals surface area contributed by atoms with Gasteiger partial charge < -0.3 is 9.88 Å². The van der Waals surface area contributed by atoms with Gasteiger partial charge >= 0.3 is 0 Å². The first-order valence-electron chi connectivity index (χ1n) is 7.11. The van der Waals surface area contributed by atoms with Crippen LogP contribution in [0, 0.1) is 6.92 Å². The van der Waals surface area contributed by atoms with Crippen molar-refractivity contribution in [3.63, 3.8) is 0 Å². The number of sulfone groups is 1. The third-order valence-electron chi connectivity index (χ3n) is 3.80. The summed E-state index contributed by atoms with van der Waals surface area (Å²) in [5.74, 6) is 1.31. The third-order valence-corrected chi connectivity index (χ3v) is 5.52. The number of nitrogens with zero attached hydrogens (tertiary/aromatic N) is 2. The topological polar surface area (TPSA) is 64.0 Å². The Morgan fingerprint density at radius 3 is 2.52 bits per heavy atom. The minimum Gasteiger partial charge on any atom is -0.326 e. The summed E-state index contributed by atoms with van der Waals surface area (Å²) in [6.45, 7) is 1.95. The van der Waals surface area contributed by atoms with Crippen molar-refractivity contribution in [2.75, 3.05) is 16.8 Å². The minimum atomic E-state index is -2.84. The first kappa shape index (κ1) is 14.1. The molecule has 1 saturated heterocycles. The van der Waals surface area contributed by atoms with Crippen LogP contribution in [0.3, 0.4) is 0 Å². The van der Waals surface area contributed by atoms with E-state index in [1.54, 1.807) is 0 Å². The molecule has 0 unspecified atom stereocenters. The van der Waals surface area contributed by atoms with Crippen molar-refractivity contribution in [2.24, 2.45) is 0 Å². The van der Waals surface area contributed by atoms with E-state index < -0.39 is 9.84 Å². The van der Waals surface area contributed by atoms with Crippen LogP contribution in [0.15, 0.2) is 36.5 Å².